The highest BCUT2D eigenvalue weighted by molar-refractivity contribution is 9.11. The van der Waals surface area contributed by atoms with Crippen molar-refractivity contribution >= 4 is 37.5 Å². The van der Waals surface area contributed by atoms with Gasteiger partial charge in [-0.1, -0.05) is 12.1 Å². The normalized spacial score (nSPS) is 10.8. The van der Waals surface area contributed by atoms with E-state index < -0.39 is 0 Å². The minimum atomic E-state index is 0.189. The number of halogens is 2. The molecule has 0 aliphatic heterocycles. The van der Waals surface area contributed by atoms with Crippen LogP contribution in [-0.2, 0) is 6.54 Å². The van der Waals surface area contributed by atoms with Crippen LogP contribution in [0.1, 0.15) is 25.0 Å². The summed E-state index contributed by atoms with van der Waals surface area (Å²) in [5.41, 5.74) is 3.47. The fraction of sp³-hybridized carbons (Fsp3) is 0.294. The molecule has 0 aliphatic carbocycles. The molecule has 0 aromatic heterocycles. The molecule has 112 valence electrons. The van der Waals surface area contributed by atoms with Crippen molar-refractivity contribution in [1.82, 2.24) is 0 Å². The largest absolute Gasteiger partial charge is 0.491 e. The number of anilines is 1. The Morgan fingerprint density at radius 3 is 2.38 bits per heavy atom. The standard InChI is InChI=1S/C17H19Br2NO/c1-11(2)21-14-6-4-5-13(9-14)10-20-17-15(18)7-12(3)8-16(17)19/h4-9,11,20H,10H2,1-3H3. The Bertz CT molecular complexity index is 603. The number of hydrogen-bond acceptors (Lipinski definition) is 2. The van der Waals surface area contributed by atoms with Crippen molar-refractivity contribution in [2.75, 3.05) is 5.32 Å². The van der Waals surface area contributed by atoms with E-state index in [1.165, 1.54) is 11.1 Å². The molecule has 2 rings (SSSR count). The lowest BCUT2D eigenvalue weighted by Gasteiger charge is -2.14. The maximum atomic E-state index is 5.72. The molecule has 0 bridgehead atoms. The summed E-state index contributed by atoms with van der Waals surface area (Å²) in [5.74, 6) is 0.909. The Labute approximate surface area is 143 Å². The predicted molar refractivity (Wildman–Crippen MR) is 96.1 cm³/mol. The Hall–Kier alpha value is -1.00. The Morgan fingerprint density at radius 2 is 1.76 bits per heavy atom. The lowest BCUT2D eigenvalue weighted by molar-refractivity contribution is 0.242. The SMILES string of the molecule is Cc1cc(Br)c(NCc2cccc(OC(C)C)c2)c(Br)c1. The molecule has 0 fully saturated rings. The molecule has 0 saturated carbocycles. The Morgan fingerprint density at radius 1 is 1.10 bits per heavy atom. The van der Waals surface area contributed by atoms with Crippen molar-refractivity contribution in [3.63, 3.8) is 0 Å². The molecule has 0 amide bonds. The predicted octanol–water partition coefficient (Wildman–Crippen LogP) is 5.92. The van der Waals surface area contributed by atoms with Gasteiger partial charge in [0.1, 0.15) is 5.75 Å². The second kappa shape index (κ2) is 7.32. The summed E-state index contributed by atoms with van der Waals surface area (Å²) in [4.78, 5) is 0. The van der Waals surface area contributed by atoms with Crippen molar-refractivity contribution < 1.29 is 4.74 Å². The highest BCUT2D eigenvalue weighted by Crippen LogP contribution is 2.32. The van der Waals surface area contributed by atoms with E-state index in [1.54, 1.807) is 0 Å². The Kier molecular flexibility index (Phi) is 5.71. The van der Waals surface area contributed by atoms with Crippen LogP contribution < -0.4 is 10.1 Å². The monoisotopic (exact) mass is 411 g/mol. The van der Waals surface area contributed by atoms with E-state index in [-0.39, 0.29) is 6.10 Å². The third-order valence-corrected chi connectivity index (χ3v) is 4.18. The highest BCUT2D eigenvalue weighted by Gasteiger charge is 2.06. The summed E-state index contributed by atoms with van der Waals surface area (Å²) in [6, 6.07) is 12.4. The van der Waals surface area contributed by atoms with E-state index in [0.717, 1.165) is 26.9 Å². The molecule has 2 aromatic carbocycles. The lowest BCUT2D eigenvalue weighted by Crippen LogP contribution is -2.06. The van der Waals surface area contributed by atoms with E-state index in [0.29, 0.717) is 0 Å². The lowest BCUT2D eigenvalue weighted by atomic mass is 10.2. The van der Waals surface area contributed by atoms with Gasteiger partial charge in [0.2, 0.25) is 0 Å². The molecule has 4 heteroatoms. The zero-order chi connectivity index (χ0) is 15.4. The third-order valence-electron chi connectivity index (χ3n) is 2.93. The minimum absolute atomic E-state index is 0.189. The summed E-state index contributed by atoms with van der Waals surface area (Å²) in [5, 5.41) is 3.46. The number of rotatable bonds is 5. The second-order valence-corrected chi connectivity index (χ2v) is 6.98. The molecule has 21 heavy (non-hydrogen) atoms. The molecular weight excluding hydrogens is 394 g/mol. The maximum absolute atomic E-state index is 5.72. The van der Waals surface area contributed by atoms with Crippen molar-refractivity contribution in [3.05, 3.63) is 56.5 Å². The van der Waals surface area contributed by atoms with Crippen LogP contribution in [0.15, 0.2) is 45.3 Å². The molecule has 0 atom stereocenters. The van der Waals surface area contributed by atoms with Crippen LogP contribution in [0.25, 0.3) is 0 Å². The minimum Gasteiger partial charge on any atom is -0.491 e. The van der Waals surface area contributed by atoms with Gasteiger partial charge in [-0.3, -0.25) is 0 Å². The van der Waals surface area contributed by atoms with Crippen LogP contribution in [0.5, 0.6) is 5.75 Å². The first-order valence-corrected chi connectivity index (χ1v) is 8.49. The van der Waals surface area contributed by atoms with Gasteiger partial charge in [-0.15, -0.1) is 0 Å². The molecular formula is C17H19Br2NO. The molecule has 0 spiro atoms. The molecule has 2 nitrogen and oxygen atoms in total. The summed E-state index contributed by atoms with van der Waals surface area (Å²) < 4.78 is 7.84. The van der Waals surface area contributed by atoms with Gasteiger partial charge >= 0.3 is 0 Å². The second-order valence-electron chi connectivity index (χ2n) is 5.27. The van der Waals surface area contributed by atoms with Gasteiger partial charge in [0, 0.05) is 15.5 Å². The number of nitrogens with one attached hydrogen (secondary N) is 1. The molecule has 2 aromatic rings. The molecule has 0 radical (unpaired) electrons. The van der Waals surface area contributed by atoms with E-state index in [9.17, 15) is 0 Å². The van der Waals surface area contributed by atoms with Gasteiger partial charge in [0.15, 0.2) is 0 Å². The fourth-order valence-electron chi connectivity index (χ4n) is 2.06. The summed E-state index contributed by atoms with van der Waals surface area (Å²) >= 11 is 7.20. The van der Waals surface area contributed by atoms with E-state index in [2.05, 4.69) is 68.4 Å². The van der Waals surface area contributed by atoms with E-state index in [4.69, 9.17) is 4.74 Å². The van der Waals surface area contributed by atoms with Crippen molar-refractivity contribution in [2.24, 2.45) is 0 Å². The van der Waals surface area contributed by atoms with Crippen molar-refractivity contribution in [3.8, 4) is 5.75 Å². The molecule has 0 saturated heterocycles. The number of benzene rings is 2. The summed E-state index contributed by atoms with van der Waals surface area (Å²) in [6.07, 6.45) is 0.189. The summed E-state index contributed by atoms with van der Waals surface area (Å²) in [6.45, 7) is 6.89. The van der Waals surface area contributed by atoms with Crippen LogP contribution >= 0.6 is 31.9 Å². The van der Waals surface area contributed by atoms with Crippen LogP contribution in [0.2, 0.25) is 0 Å². The van der Waals surface area contributed by atoms with Gasteiger partial charge < -0.3 is 10.1 Å². The first-order valence-electron chi connectivity index (χ1n) is 6.91. The molecule has 1 N–H and O–H groups in total. The van der Waals surface area contributed by atoms with Crippen LogP contribution in [0, 0.1) is 6.92 Å². The average Bonchev–Trinajstić information content (AvgIpc) is 2.37. The number of ether oxygens (including phenoxy) is 1. The summed E-state index contributed by atoms with van der Waals surface area (Å²) in [7, 11) is 0. The quantitative estimate of drug-likeness (QED) is 0.657. The maximum Gasteiger partial charge on any atom is 0.120 e. The van der Waals surface area contributed by atoms with Gasteiger partial charge in [-0.05, 0) is 88.0 Å². The molecule has 0 aliphatic rings. The first-order chi connectivity index (χ1) is 9.95. The van der Waals surface area contributed by atoms with Gasteiger partial charge in [0.25, 0.3) is 0 Å². The van der Waals surface area contributed by atoms with Crippen molar-refractivity contribution in [2.45, 2.75) is 33.4 Å². The van der Waals surface area contributed by atoms with Crippen molar-refractivity contribution in [1.29, 1.82) is 0 Å². The Balaban J connectivity index is 2.10. The smallest absolute Gasteiger partial charge is 0.120 e. The van der Waals surface area contributed by atoms with E-state index in [1.807, 2.05) is 26.0 Å². The number of aryl methyl sites for hydroxylation is 1. The molecule has 0 unspecified atom stereocenters. The third kappa shape index (κ3) is 4.75. The van der Waals surface area contributed by atoms with Gasteiger partial charge in [-0.2, -0.15) is 0 Å². The van der Waals surface area contributed by atoms with Crippen LogP contribution in [-0.4, -0.2) is 6.10 Å². The highest BCUT2D eigenvalue weighted by atomic mass is 79.9. The van der Waals surface area contributed by atoms with E-state index >= 15 is 0 Å². The fourth-order valence-corrected chi connectivity index (χ4v) is 3.76. The van der Waals surface area contributed by atoms with Crippen LogP contribution in [0.3, 0.4) is 0 Å². The topological polar surface area (TPSA) is 21.3 Å². The number of hydrogen-bond donors (Lipinski definition) is 1. The van der Waals surface area contributed by atoms with Crippen LogP contribution in [0.4, 0.5) is 5.69 Å². The van der Waals surface area contributed by atoms with Gasteiger partial charge in [-0.25, -0.2) is 0 Å². The molecule has 0 heterocycles. The van der Waals surface area contributed by atoms with Gasteiger partial charge in [0.05, 0.1) is 11.8 Å². The zero-order valence-corrected chi connectivity index (χ0v) is 15.6. The average molecular weight is 413 g/mol. The zero-order valence-electron chi connectivity index (χ0n) is 12.4. The first kappa shape index (κ1) is 16.4.